The number of halogens is 1. The standard InChI is InChI=1S/C14H20N2O.ClH/c1-10-7-11(2)9-12(8-10)16-14(17)13-5-3-4-6-15-13;/h7-9,13,15H,3-6H2,1-2H3,(H,16,17);1H. The minimum Gasteiger partial charge on any atom is -0.325 e. The van der Waals surface area contributed by atoms with Crippen LogP contribution in [0.4, 0.5) is 5.69 Å². The second kappa shape index (κ2) is 6.76. The van der Waals surface area contributed by atoms with Crippen LogP contribution in [0.3, 0.4) is 0 Å². The van der Waals surface area contributed by atoms with Gasteiger partial charge in [-0.1, -0.05) is 12.5 Å². The van der Waals surface area contributed by atoms with E-state index in [-0.39, 0.29) is 24.4 Å². The first-order valence-electron chi connectivity index (χ1n) is 6.28. The molecule has 1 aliphatic heterocycles. The summed E-state index contributed by atoms with van der Waals surface area (Å²) in [6.45, 7) is 5.04. The summed E-state index contributed by atoms with van der Waals surface area (Å²) < 4.78 is 0. The van der Waals surface area contributed by atoms with E-state index in [1.807, 2.05) is 26.0 Å². The van der Waals surface area contributed by atoms with Gasteiger partial charge < -0.3 is 10.6 Å². The van der Waals surface area contributed by atoms with Crippen molar-refractivity contribution in [1.82, 2.24) is 5.32 Å². The summed E-state index contributed by atoms with van der Waals surface area (Å²) in [5, 5.41) is 6.25. The summed E-state index contributed by atoms with van der Waals surface area (Å²) >= 11 is 0. The summed E-state index contributed by atoms with van der Waals surface area (Å²) in [5.74, 6) is 0.0923. The predicted octanol–water partition coefficient (Wildman–Crippen LogP) is 2.81. The van der Waals surface area contributed by atoms with E-state index in [0.717, 1.165) is 25.1 Å². The van der Waals surface area contributed by atoms with Gasteiger partial charge in [0.2, 0.25) is 5.91 Å². The number of rotatable bonds is 2. The Kier molecular flexibility index (Phi) is 5.63. The molecule has 1 unspecified atom stereocenters. The molecule has 0 saturated carbocycles. The molecular formula is C14H21ClN2O. The van der Waals surface area contributed by atoms with Crippen LogP contribution in [-0.4, -0.2) is 18.5 Å². The van der Waals surface area contributed by atoms with E-state index in [1.54, 1.807) is 0 Å². The van der Waals surface area contributed by atoms with Crippen LogP contribution in [0.25, 0.3) is 0 Å². The average molecular weight is 269 g/mol. The zero-order chi connectivity index (χ0) is 12.3. The molecule has 1 aliphatic rings. The number of carbonyl (C=O) groups excluding carboxylic acids is 1. The van der Waals surface area contributed by atoms with Crippen LogP contribution < -0.4 is 10.6 Å². The van der Waals surface area contributed by atoms with Crippen LogP contribution in [0.15, 0.2) is 18.2 Å². The number of benzene rings is 1. The van der Waals surface area contributed by atoms with Crippen molar-refractivity contribution in [2.75, 3.05) is 11.9 Å². The lowest BCUT2D eigenvalue weighted by Gasteiger charge is -2.22. The van der Waals surface area contributed by atoms with Crippen molar-refractivity contribution in [1.29, 1.82) is 0 Å². The average Bonchev–Trinajstić information content (AvgIpc) is 2.28. The molecule has 0 spiro atoms. The lowest BCUT2D eigenvalue weighted by molar-refractivity contribution is -0.118. The fourth-order valence-electron chi connectivity index (χ4n) is 2.35. The summed E-state index contributed by atoms with van der Waals surface area (Å²) in [6.07, 6.45) is 3.25. The number of piperidine rings is 1. The third-order valence-corrected chi connectivity index (χ3v) is 3.12. The maximum absolute atomic E-state index is 12.0. The van der Waals surface area contributed by atoms with Gasteiger partial charge in [-0.15, -0.1) is 12.4 Å². The fraction of sp³-hybridized carbons (Fsp3) is 0.500. The number of anilines is 1. The molecule has 1 heterocycles. The van der Waals surface area contributed by atoms with Gasteiger partial charge in [0.15, 0.2) is 0 Å². The molecule has 2 rings (SSSR count). The molecule has 1 atom stereocenters. The Morgan fingerprint density at radius 1 is 1.22 bits per heavy atom. The van der Waals surface area contributed by atoms with Crippen molar-refractivity contribution in [3.63, 3.8) is 0 Å². The number of carbonyl (C=O) groups is 1. The number of nitrogens with one attached hydrogen (secondary N) is 2. The van der Waals surface area contributed by atoms with Crippen molar-refractivity contribution in [3.8, 4) is 0 Å². The zero-order valence-electron chi connectivity index (χ0n) is 11.0. The van der Waals surface area contributed by atoms with Gasteiger partial charge in [-0.3, -0.25) is 4.79 Å². The molecule has 2 N–H and O–H groups in total. The molecule has 1 aromatic carbocycles. The van der Waals surface area contributed by atoms with Crippen LogP contribution in [0.2, 0.25) is 0 Å². The SMILES string of the molecule is Cc1cc(C)cc(NC(=O)C2CCCCN2)c1.Cl. The van der Waals surface area contributed by atoms with E-state index in [0.29, 0.717) is 0 Å². The molecule has 1 fully saturated rings. The molecule has 100 valence electrons. The predicted molar refractivity (Wildman–Crippen MR) is 77.4 cm³/mol. The van der Waals surface area contributed by atoms with Gasteiger partial charge in [0.05, 0.1) is 6.04 Å². The molecule has 0 bridgehead atoms. The van der Waals surface area contributed by atoms with Crippen LogP contribution in [0.5, 0.6) is 0 Å². The summed E-state index contributed by atoms with van der Waals surface area (Å²) in [7, 11) is 0. The largest absolute Gasteiger partial charge is 0.325 e. The van der Waals surface area contributed by atoms with E-state index in [2.05, 4.69) is 16.7 Å². The Bertz CT molecular complexity index is 394. The van der Waals surface area contributed by atoms with Crippen molar-refractivity contribution in [2.24, 2.45) is 0 Å². The molecule has 1 saturated heterocycles. The normalized spacial score (nSPS) is 18.9. The minimum absolute atomic E-state index is 0. The molecule has 4 heteroatoms. The first kappa shape index (κ1) is 15.0. The van der Waals surface area contributed by atoms with Crippen molar-refractivity contribution in [2.45, 2.75) is 39.2 Å². The van der Waals surface area contributed by atoms with E-state index < -0.39 is 0 Å². The van der Waals surface area contributed by atoms with Crippen molar-refractivity contribution < 1.29 is 4.79 Å². The van der Waals surface area contributed by atoms with E-state index in [4.69, 9.17) is 0 Å². The molecule has 0 radical (unpaired) electrons. The molecule has 1 amide bonds. The van der Waals surface area contributed by atoms with Crippen LogP contribution >= 0.6 is 12.4 Å². The molecule has 0 aromatic heterocycles. The summed E-state index contributed by atoms with van der Waals surface area (Å²) in [4.78, 5) is 12.0. The maximum Gasteiger partial charge on any atom is 0.241 e. The lowest BCUT2D eigenvalue weighted by atomic mass is 10.0. The van der Waals surface area contributed by atoms with Gasteiger partial charge in [-0.05, 0) is 56.5 Å². The van der Waals surface area contributed by atoms with E-state index in [1.165, 1.54) is 17.5 Å². The van der Waals surface area contributed by atoms with Crippen LogP contribution in [-0.2, 0) is 4.79 Å². The Balaban J connectivity index is 0.00000162. The second-order valence-electron chi connectivity index (χ2n) is 4.87. The van der Waals surface area contributed by atoms with Crippen molar-refractivity contribution >= 4 is 24.0 Å². The van der Waals surface area contributed by atoms with E-state index in [9.17, 15) is 4.79 Å². The topological polar surface area (TPSA) is 41.1 Å². The molecular weight excluding hydrogens is 248 g/mol. The zero-order valence-corrected chi connectivity index (χ0v) is 11.8. The van der Waals surface area contributed by atoms with Gasteiger partial charge in [-0.25, -0.2) is 0 Å². The summed E-state index contributed by atoms with van der Waals surface area (Å²) in [6, 6.07) is 6.10. The minimum atomic E-state index is -0.0235. The first-order chi connectivity index (χ1) is 8.15. The van der Waals surface area contributed by atoms with Crippen LogP contribution in [0.1, 0.15) is 30.4 Å². The van der Waals surface area contributed by atoms with Crippen molar-refractivity contribution in [3.05, 3.63) is 29.3 Å². The third kappa shape index (κ3) is 4.00. The summed E-state index contributed by atoms with van der Waals surface area (Å²) in [5.41, 5.74) is 3.26. The van der Waals surface area contributed by atoms with Crippen LogP contribution in [0, 0.1) is 13.8 Å². The fourth-order valence-corrected chi connectivity index (χ4v) is 2.35. The third-order valence-electron chi connectivity index (χ3n) is 3.12. The van der Waals surface area contributed by atoms with Gasteiger partial charge in [0.1, 0.15) is 0 Å². The Labute approximate surface area is 115 Å². The quantitative estimate of drug-likeness (QED) is 0.866. The van der Waals surface area contributed by atoms with E-state index >= 15 is 0 Å². The Hall–Kier alpha value is -1.06. The van der Waals surface area contributed by atoms with Gasteiger partial charge in [0, 0.05) is 5.69 Å². The molecule has 1 aromatic rings. The number of hydrogen-bond donors (Lipinski definition) is 2. The highest BCUT2D eigenvalue weighted by atomic mass is 35.5. The smallest absolute Gasteiger partial charge is 0.241 e. The molecule has 0 aliphatic carbocycles. The highest BCUT2D eigenvalue weighted by Gasteiger charge is 2.20. The number of amides is 1. The molecule has 3 nitrogen and oxygen atoms in total. The Morgan fingerprint density at radius 2 is 1.89 bits per heavy atom. The monoisotopic (exact) mass is 268 g/mol. The molecule has 18 heavy (non-hydrogen) atoms. The first-order valence-corrected chi connectivity index (χ1v) is 6.28. The lowest BCUT2D eigenvalue weighted by Crippen LogP contribution is -2.43. The second-order valence-corrected chi connectivity index (χ2v) is 4.87. The van der Waals surface area contributed by atoms with Gasteiger partial charge in [0.25, 0.3) is 0 Å². The number of aryl methyl sites for hydroxylation is 2. The number of hydrogen-bond acceptors (Lipinski definition) is 2. The highest BCUT2D eigenvalue weighted by molar-refractivity contribution is 5.95. The highest BCUT2D eigenvalue weighted by Crippen LogP contribution is 2.15. The Morgan fingerprint density at radius 3 is 2.44 bits per heavy atom. The maximum atomic E-state index is 12.0. The van der Waals surface area contributed by atoms with Gasteiger partial charge in [-0.2, -0.15) is 0 Å². The van der Waals surface area contributed by atoms with Gasteiger partial charge >= 0.3 is 0 Å².